The molecule has 2 N–H and O–H groups in total. The van der Waals surface area contributed by atoms with Gasteiger partial charge in [0.2, 0.25) is 11.8 Å². The maximum atomic E-state index is 12.3. The van der Waals surface area contributed by atoms with Gasteiger partial charge in [0, 0.05) is 17.8 Å². The van der Waals surface area contributed by atoms with E-state index >= 15 is 0 Å². The summed E-state index contributed by atoms with van der Waals surface area (Å²) in [5.41, 5.74) is 3.51. The summed E-state index contributed by atoms with van der Waals surface area (Å²) in [4.78, 5) is 24.4. The summed E-state index contributed by atoms with van der Waals surface area (Å²) in [7, 11) is 1.63. The number of nitrogens with one attached hydrogen (secondary N) is 2. The fourth-order valence-electron chi connectivity index (χ4n) is 3.41. The Kier molecular flexibility index (Phi) is 5.26. The number of aryl methyl sites for hydroxylation is 1. The predicted octanol–water partition coefficient (Wildman–Crippen LogP) is 3.96. The lowest BCUT2D eigenvalue weighted by Crippen LogP contribution is -2.17. The molecule has 136 valence electrons. The second-order valence-electron chi connectivity index (χ2n) is 6.87. The van der Waals surface area contributed by atoms with E-state index in [1.54, 1.807) is 7.11 Å². The van der Waals surface area contributed by atoms with Crippen molar-refractivity contribution in [1.82, 2.24) is 0 Å². The van der Waals surface area contributed by atoms with Crippen LogP contribution in [0.2, 0.25) is 0 Å². The maximum Gasteiger partial charge on any atom is 0.232 e. The monoisotopic (exact) mass is 352 g/mol. The molecule has 0 aromatic heterocycles. The van der Waals surface area contributed by atoms with Crippen molar-refractivity contribution in [3.63, 3.8) is 0 Å². The van der Waals surface area contributed by atoms with Crippen LogP contribution < -0.4 is 15.4 Å². The van der Waals surface area contributed by atoms with Crippen molar-refractivity contribution in [3.05, 3.63) is 53.6 Å². The summed E-state index contributed by atoms with van der Waals surface area (Å²) in [6.07, 6.45) is 0.970. The average molecular weight is 352 g/mol. The highest BCUT2D eigenvalue weighted by molar-refractivity contribution is 6.04. The fraction of sp³-hybridized carbons (Fsp3) is 0.333. The minimum absolute atomic E-state index is 0.0228. The van der Waals surface area contributed by atoms with E-state index in [1.165, 1.54) is 0 Å². The summed E-state index contributed by atoms with van der Waals surface area (Å²) < 4.78 is 5.32. The molecule has 1 aliphatic rings. The Morgan fingerprint density at radius 2 is 2.00 bits per heavy atom. The van der Waals surface area contributed by atoms with Crippen molar-refractivity contribution in [2.75, 3.05) is 17.7 Å². The predicted molar refractivity (Wildman–Crippen MR) is 103 cm³/mol. The van der Waals surface area contributed by atoms with Crippen LogP contribution in [-0.4, -0.2) is 18.9 Å². The number of carbonyl (C=O) groups is 2. The number of anilines is 2. The van der Waals surface area contributed by atoms with Gasteiger partial charge in [-0.15, -0.1) is 0 Å². The third kappa shape index (κ3) is 3.72. The summed E-state index contributed by atoms with van der Waals surface area (Å²) in [5.74, 6) is 0.786. The second-order valence-corrected chi connectivity index (χ2v) is 6.87. The van der Waals surface area contributed by atoms with Gasteiger partial charge in [0.25, 0.3) is 0 Å². The Hall–Kier alpha value is -2.82. The van der Waals surface area contributed by atoms with Crippen molar-refractivity contribution < 1.29 is 14.3 Å². The number of carbonyl (C=O) groups excluding carboxylic acids is 2. The molecule has 26 heavy (non-hydrogen) atoms. The summed E-state index contributed by atoms with van der Waals surface area (Å²) >= 11 is 0. The topological polar surface area (TPSA) is 67.4 Å². The number of para-hydroxylation sites is 1. The van der Waals surface area contributed by atoms with Crippen LogP contribution in [0.15, 0.2) is 42.5 Å². The molecule has 5 nitrogen and oxygen atoms in total. The van der Waals surface area contributed by atoms with E-state index in [2.05, 4.69) is 10.6 Å². The smallest absolute Gasteiger partial charge is 0.232 e. The van der Waals surface area contributed by atoms with Gasteiger partial charge in [0.05, 0.1) is 13.0 Å². The van der Waals surface area contributed by atoms with Gasteiger partial charge in [-0.3, -0.25) is 9.59 Å². The molecule has 2 aromatic carbocycles. The largest absolute Gasteiger partial charge is 0.496 e. The summed E-state index contributed by atoms with van der Waals surface area (Å²) in [6.45, 7) is 4.05. The second kappa shape index (κ2) is 7.60. The van der Waals surface area contributed by atoms with Crippen molar-refractivity contribution >= 4 is 23.2 Å². The average Bonchev–Trinajstić information content (AvgIpc) is 2.95. The lowest BCUT2D eigenvalue weighted by Gasteiger charge is -2.14. The van der Waals surface area contributed by atoms with Crippen LogP contribution in [0, 0.1) is 5.92 Å². The van der Waals surface area contributed by atoms with Gasteiger partial charge in [-0.25, -0.2) is 0 Å². The van der Waals surface area contributed by atoms with E-state index in [0.717, 1.165) is 28.3 Å². The molecule has 0 radical (unpaired) electrons. The van der Waals surface area contributed by atoms with Crippen LogP contribution in [0.5, 0.6) is 5.75 Å². The molecule has 1 heterocycles. The number of ether oxygens (including phenoxy) is 1. The van der Waals surface area contributed by atoms with Gasteiger partial charge in [-0.05, 0) is 47.7 Å². The number of amides is 2. The number of hydrogen-bond acceptors (Lipinski definition) is 3. The third-order valence-electron chi connectivity index (χ3n) is 4.69. The number of fused-ring (bicyclic) bond motifs is 1. The number of hydrogen-bond donors (Lipinski definition) is 2. The Labute approximate surface area is 153 Å². The van der Waals surface area contributed by atoms with Gasteiger partial charge in [-0.1, -0.05) is 32.0 Å². The Morgan fingerprint density at radius 1 is 1.23 bits per heavy atom. The standard InChI is InChI=1S/C21H24N2O3/c1-13(2)20-16-12-15(9-10-17(16)23-21(20)25)22-19(24)11-8-14-6-4-5-7-18(14)26-3/h4-7,9-10,12-13,20H,8,11H2,1-3H3,(H,22,24)(H,23,25). The normalized spacial score (nSPS) is 15.5. The van der Waals surface area contributed by atoms with E-state index in [4.69, 9.17) is 4.74 Å². The number of rotatable bonds is 6. The van der Waals surface area contributed by atoms with Gasteiger partial charge >= 0.3 is 0 Å². The lowest BCUT2D eigenvalue weighted by molar-refractivity contribution is -0.118. The van der Waals surface area contributed by atoms with Crippen molar-refractivity contribution in [2.45, 2.75) is 32.6 Å². The lowest BCUT2D eigenvalue weighted by atomic mass is 9.89. The summed E-state index contributed by atoms with van der Waals surface area (Å²) in [5, 5.41) is 5.84. The first-order valence-corrected chi connectivity index (χ1v) is 8.86. The van der Waals surface area contributed by atoms with Crippen molar-refractivity contribution in [2.24, 2.45) is 5.92 Å². The first-order valence-electron chi connectivity index (χ1n) is 8.86. The zero-order valence-electron chi connectivity index (χ0n) is 15.3. The molecule has 0 fully saturated rings. The third-order valence-corrected chi connectivity index (χ3v) is 4.69. The molecule has 1 aliphatic heterocycles. The fourth-order valence-corrected chi connectivity index (χ4v) is 3.41. The molecule has 2 aromatic rings. The Bertz CT molecular complexity index is 830. The molecule has 0 spiro atoms. The highest BCUT2D eigenvalue weighted by atomic mass is 16.5. The molecular formula is C21H24N2O3. The minimum Gasteiger partial charge on any atom is -0.496 e. The zero-order chi connectivity index (χ0) is 18.7. The van der Waals surface area contributed by atoms with Crippen LogP contribution in [-0.2, 0) is 16.0 Å². The Balaban J connectivity index is 1.66. The zero-order valence-corrected chi connectivity index (χ0v) is 15.3. The van der Waals surface area contributed by atoms with Crippen molar-refractivity contribution in [1.29, 1.82) is 0 Å². The number of benzene rings is 2. The van der Waals surface area contributed by atoms with Gasteiger partial charge in [0.1, 0.15) is 5.75 Å². The molecule has 0 saturated carbocycles. The van der Waals surface area contributed by atoms with Crippen LogP contribution in [0.1, 0.15) is 37.3 Å². The quantitative estimate of drug-likeness (QED) is 0.827. The van der Waals surface area contributed by atoms with Gasteiger partial charge < -0.3 is 15.4 Å². The van der Waals surface area contributed by atoms with E-state index in [-0.39, 0.29) is 23.7 Å². The first kappa shape index (κ1) is 18.0. The van der Waals surface area contributed by atoms with Crippen LogP contribution in [0.4, 0.5) is 11.4 Å². The molecule has 2 amide bonds. The number of methoxy groups -OCH3 is 1. The van der Waals surface area contributed by atoms with Gasteiger partial charge in [-0.2, -0.15) is 0 Å². The van der Waals surface area contributed by atoms with Crippen LogP contribution >= 0.6 is 0 Å². The molecule has 0 bridgehead atoms. The van der Waals surface area contributed by atoms with Crippen LogP contribution in [0.3, 0.4) is 0 Å². The van der Waals surface area contributed by atoms with E-state index in [1.807, 2.05) is 56.3 Å². The molecule has 5 heteroatoms. The molecule has 1 atom stereocenters. The minimum atomic E-state index is -0.171. The van der Waals surface area contributed by atoms with Crippen molar-refractivity contribution in [3.8, 4) is 5.75 Å². The van der Waals surface area contributed by atoms with Crippen LogP contribution in [0.25, 0.3) is 0 Å². The molecule has 0 aliphatic carbocycles. The molecule has 0 saturated heterocycles. The van der Waals surface area contributed by atoms with E-state index in [9.17, 15) is 9.59 Å². The molecule has 1 unspecified atom stereocenters. The molecular weight excluding hydrogens is 328 g/mol. The highest BCUT2D eigenvalue weighted by Gasteiger charge is 2.32. The summed E-state index contributed by atoms with van der Waals surface area (Å²) in [6, 6.07) is 13.3. The first-order chi connectivity index (χ1) is 12.5. The van der Waals surface area contributed by atoms with E-state index in [0.29, 0.717) is 12.8 Å². The SMILES string of the molecule is COc1ccccc1CCC(=O)Nc1ccc2c(c1)C(C(C)C)C(=O)N2. The van der Waals surface area contributed by atoms with E-state index < -0.39 is 0 Å². The van der Waals surface area contributed by atoms with Gasteiger partial charge in [0.15, 0.2) is 0 Å². The Morgan fingerprint density at radius 3 is 2.73 bits per heavy atom. The highest BCUT2D eigenvalue weighted by Crippen LogP contribution is 2.38. The maximum absolute atomic E-state index is 12.3. The molecule has 3 rings (SSSR count).